The number of likely N-dealkylation sites (tertiary alicyclic amines) is 1. The lowest BCUT2D eigenvalue weighted by Gasteiger charge is -2.41. The highest BCUT2D eigenvalue weighted by Crippen LogP contribution is 2.43. The van der Waals surface area contributed by atoms with Crippen molar-refractivity contribution < 1.29 is 37.1 Å². The van der Waals surface area contributed by atoms with Crippen LogP contribution in [0.5, 0.6) is 0 Å². The molecule has 1 aromatic carbocycles. The van der Waals surface area contributed by atoms with Crippen molar-refractivity contribution >= 4 is 46.7 Å². The van der Waals surface area contributed by atoms with Crippen molar-refractivity contribution in [1.82, 2.24) is 14.8 Å². The van der Waals surface area contributed by atoms with E-state index >= 15 is 0 Å². The Bertz CT molecular complexity index is 1460. The number of fused-ring (bicyclic) bond motifs is 2. The number of hydrogen-bond acceptors (Lipinski definition) is 6. The lowest BCUT2D eigenvalue weighted by molar-refractivity contribution is -0.137. The van der Waals surface area contributed by atoms with Crippen molar-refractivity contribution in [1.29, 1.82) is 0 Å². The smallest absolute Gasteiger partial charge is 0.416 e. The number of carboxylic acid groups (broad SMARTS) is 1. The van der Waals surface area contributed by atoms with E-state index in [1.54, 1.807) is 25.2 Å². The van der Waals surface area contributed by atoms with Gasteiger partial charge in [0.05, 0.1) is 28.5 Å². The number of para-hydroxylation sites is 1. The third-order valence-corrected chi connectivity index (χ3v) is 9.00. The zero-order valence-electron chi connectivity index (χ0n) is 24.4. The largest absolute Gasteiger partial charge is 0.465 e. The number of aryl methyl sites for hydroxylation is 1. The number of carbonyl (C=O) groups excluding carboxylic acids is 2. The normalized spacial score (nSPS) is 24.4. The molecule has 44 heavy (non-hydrogen) atoms. The molecule has 238 valence electrons. The third kappa shape index (κ3) is 6.01. The van der Waals surface area contributed by atoms with E-state index in [9.17, 15) is 37.1 Å². The molecule has 2 fully saturated rings. The van der Waals surface area contributed by atoms with Crippen LogP contribution < -0.4 is 14.7 Å². The Morgan fingerprint density at radius 3 is 2.59 bits per heavy atom. The molecule has 1 N–H and O–H groups in total. The number of amides is 3. The quantitative estimate of drug-likeness (QED) is 0.487. The first-order chi connectivity index (χ1) is 20.7. The summed E-state index contributed by atoms with van der Waals surface area (Å²) in [6.45, 7) is 2.23. The van der Waals surface area contributed by atoms with Gasteiger partial charge in [0.1, 0.15) is 18.0 Å². The number of nitrogens with zero attached hydrogens (tertiary/aromatic N) is 6. The molecular formula is C29H33ClF4N6O4. The van der Waals surface area contributed by atoms with Crippen molar-refractivity contribution in [3.05, 3.63) is 46.6 Å². The predicted molar refractivity (Wildman–Crippen MR) is 156 cm³/mol. The van der Waals surface area contributed by atoms with Crippen molar-refractivity contribution in [2.75, 3.05) is 61.5 Å². The molecule has 2 aromatic rings. The molecular weight excluding hydrogens is 608 g/mol. The first-order valence-corrected chi connectivity index (χ1v) is 14.6. The Hall–Kier alpha value is -3.65. The van der Waals surface area contributed by atoms with Gasteiger partial charge < -0.3 is 19.8 Å². The second-order valence-corrected chi connectivity index (χ2v) is 12.0. The minimum atomic E-state index is -4.67. The number of piperidine rings is 1. The highest BCUT2D eigenvalue weighted by Gasteiger charge is 2.49. The van der Waals surface area contributed by atoms with Gasteiger partial charge in [0.25, 0.3) is 0 Å². The number of hydrogen-bond donors (Lipinski definition) is 1. The number of benzene rings is 1. The molecule has 0 spiro atoms. The van der Waals surface area contributed by atoms with Gasteiger partial charge in [0.2, 0.25) is 11.8 Å². The van der Waals surface area contributed by atoms with Crippen molar-refractivity contribution in [3.8, 4) is 0 Å². The Morgan fingerprint density at radius 2 is 1.93 bits per heavy atom. The molecule has 0 aliphatic carbocycles. The van der Waals surface area contributed by atoms with Gasteiger partial charge in [-0.15, -0.1) is 0 Å². The summed E-state index contributed by atoms with van der Waals surface area (Å²) in [7, 11) is 3.28. The second kappa shape index (κ2) is 12.0. The van der Waals surface area contributed by atoms with Crippen LogP contribution in [-0.4, -0.2) is 103 Å². The molecule has 0 bridgehead atoms. The van der Waals surface area contributed by atoms with Gasteiger partial charge in [0, 0.05) is 57.3 Å². The van der Waals surface area contributed by atoms with Crippen molar-refractivity contribution in [3.63, 3.8) is 0 Å². The van der Waals surface area contributed by atoms with Gasteiger partial charge in [-0.2, -0.15) is 13.2 Å². The van der Waals surface area contributed by atoms with E-state index in [4.69, 9.17) is 11.6 Å². The lowest BCUT2D eigenvalue weighted by atomic mass is 9.95. The van der Waals surface area contributed by atoms with Gasteiger partial charge in [0.15, 0.2) is 0 Å². The van der Waals surface area contributed by atoms with Crippen LogP contribution in [0.4, 0.5) is 39.5 Å². The van der Waals surface area contributed by atoms with Gasteiger partial charge in [-0.1, -0.05) is 17.7 Å². The van der Waals surface area contributed by atoms with E-state index < -0.39 is 53.8 Å². The summed E-state index contributed by atoms with van der Waals surface area (Å²) in [5.41, 5.74) is 0.0902. The summed E-state index contributed by atoms with van der Waals surface area (Å²) in [5.74, 6) is -1.86. The Morgan fingerprint density at radius 1 is 1.20 bits per heavy atom. The molecule has 3 aliphatic rings. The fraction of sp³-hybridized carbons (Fsp3) is 0.517. The number of anilines is 3. The number of carbonyl (C=O) groups is 3. The number of rotatable bonds is 5. The van der Waals surface area contributed by atoms with Crippen LogP contribution in [0.2, 0.25) is 5.02 Å². The topological polar surface area (TPSA) is 101 Å². The number of likely N-dealkylation sites (N-methyl/N-ethyl adjacent to an activating group) is 2. The van der Waals surface area contributed by atoms with Crippen LogP contribution in [0.1, 0.15) is 24.1 Å². The Labute approximate surface area is 256 Å². The van der Waals surface area contributed by atoms with E-state index in [1.165, 1.54) is 18.9 Å². The van der Waals surface area contributed by atoms with Crippen LogP contribution in [-0.2, 0) is 15.8 Å². The van der Waals surface area contributed by atoms with E-state index in [1.807, 2.05) is 9.80 Å². The van der Waals surface area contributed by atoms with Crippen LogP contribution in [0.3, 0.4) is 0 Å². The SMILES string of the molecule is Cc1cc(C(F)(F)F)cc(N2C(=O)C[C@@H]3CN(CCN(C)[C@H]4CCN(C(=O)O)C[C@H]4F)c4c(Cl)cccc4N(C)C(=O)[C@H]32)n1. The fourth-order valence-corrected chi connectivity index (χ4v) is 6.76. The summed E-state index contributed by atoms with van der Waals surface area (Å²) in [4.78, 5) is 50.1. The maximum Gasteiger partial charge on any atom is 0.416 e. The van der Waals surface area contributed by atoms with Crippen LogP contribution in [0.25, 0.3) is 0 Å². The van der Waals surface area contributed by atoms with E-state index in [-0.39, 0.29) is 37.6 Å². The minimum absolute atomic E-state index is 0.0554. The average Bonchev–Trinajstić information content (AvgIpc) is 3.27. The van der Waals surface area contributed by atoms with Crippen molar-refractivity contribution in [2.24, 2.45) is 5.92 Å². The Balaban J connectivity index is 1.46. The summed E-state index contributed by atoms with van der Waals surface area (Å²) in [6, 6.07) is 5.09. The van der Waals surface area contributed by atoms with Crippen molar-refractivity contribution in [2.45, 2.75) is 44.2 Å². The maximum absolute atomic E-state index is 15.0. The maximum atomic E-state index is 15.0. The Kier molecular flexibility index (Phi) is 8.69. The third-order valence-electron chi connectivity index (χ3n) is 8.69. The lowest BCUT2D eigenvalue weighted by Crippen LogP contribution is -2.55. The van der Waals surface area contributed by atoms with Gasteiger partial charge in [-0.05, 0) is 44.7 Å². The summed E-state index contributed by atoms with van der Waals surface area (Å²) >= 11 is 6.67. The molecule has 4 atom stereocenters. The van der Waals surface area contributed by atoms with Gasteiger partial charge in [-0.25, -0.2) is 14.2 Å². The second-order valence-electron chi connectivity index (χ2n) is 11.6. The highest BCUT2D eigenvalue weighted by atomic mass is 35.5. The molecule has 15 heteroatoms. The molecule has 10 nitrogen and oxygen atoms in total. The predicted octanol–water partition coefficient (Wildman–Crippen LogP) is 4.29. The summed E-state index contributed by atoms with van der Waals surface area (Å²) in [6.07, 6.45) is -7.01. The summed E-state index contributed by atoms with van der Waals surface area (Å²) in [5, 5.41) is 9.59. The average molecular weight is 641 g/mol. The van der Waals surface area contributed by atoms with Crippen LogP contribution >= 0.6 is 11.6 Å². The fourth-order valence-electron chi connectivity index (χ4n) is 6.47. The van der Waals surface area contributed by atoms with Gasteiger partial charge in [-0.3, -0.25) is 19.4 Å². The number of alkyl halides is 4. The monoisotopic (exact) mass is 640 g/mol. The number of aromatic nitrogens is 1. The zero-order valence-corrected chi connectivity index (χ0v) is 25.1. The molecule has 0 radical (unpaired) electrons. The number of pyridine rings is 1. The van der Waals surface area contributed by atoms with Crippen LogP contribution in [0.15, 0.2) is 30.3 Å². The van der Waals surface area contributed by atoms with E-state index in [0.717, 1.165) is 21.9 Å². The van der Waals surface area contributed by atoms with Crippen LogP contribution in [0, 0.1) is 12.8 Å². The first-order valence-electron chi connectivity index (χ1n) is 14.2. The van der Waals surface area contributed by atoms with E-state index in [0.29, 0.717) is 35.9 Å². The zero-order chi connectivity index (χ0) is 32.1. The molecule has 3 aliphatic heterocycles. The van der Waals surface area contributed by atoms with E-state index in [2.05, 4.69) is 4.98 Å². The molecule has 1 aromatic heterocycles. The molecule has 0 saturated carbocycles. The molecule has 4 heterocycles. The molecule has 0 unspecified atom stereocenters. The van der Waals surface area contributed by atoms with Gasteiger partial charge >= 0.3 is 12.3 Å². The minimum Gasteiger partial charge on any atom is -0.465 e. The molecule has 2 saturated heterocycles. The first kappa shape index (κ1) is 31.8. The standard InChI is InChI=1S/C29H33ClF4N6O4/c1-16-11-18(29(32,33)34)13-23(35-16)40-24(41)12-17-14-38(10-9-36(2)21-7-8-39(28(43)44)15-20(21)31)26-19(30)5-4-6-22(26)37(3)27(42)25(17)40/h4-6,11,13,17,20-21,25H,7-10,12,14-15H2,1-3H3,(H,43,44)/t17-,20-,21+,25+/m1/s1. The summed E-state index contributed by atoms with van der Waals surface area (Å²) < 4.78 is 56.0. The highest BCUT2D eigenvalue weighted by molar-refractivity contribution is 6.34. The molecule has 3 amide bonds. The molecule has 5 rings (SSSR count). The number of halogens is 5.